The number of rotatable bonds is 18. The van der Waals surface area contributed by atoms with Gasteiger partial charge < -0.3 is 18.9 Å². The summed E-state index contributed by atoms with van der Waals surface area (Å²) in [6.45, 7) is 9.32. The predicted octanol–water partition coefficient (Wildman–Crippen LogP) is 10.9. The first-order chi connectivity index (χ1) is 20.4. The lowest BCUT2D eigenvalue weighted by molar-refractivity contribution is -0.147. The van der Waals surface area contributed by atoms with Crippen molar-refractivity contribution in [3.63, 3.8) is 0 Å². The molecular formula is C32H43Cl5O6. The summed E-state index contributed by atoms with van der Waals surface area (Å²) < 4.78 is 20.8. The van der Waals surface area contributed by atoms with Gasteiger partial charge in [0, 0.05) is 11.1 Å². The van der Waals surface area contributed by atoms with Gasteiger partial charge in [-0.15, -0.1) is 0 Å². The van der Waals surface area contributed by atoms with E-state index in [1.54, 1.807) is 18.2 Å². The summed E-state index contributed by atoms with van der Waals surface area (Å²) >= 11 is 29.4. The van der Waals surface area contributed by atoms with Crippen LogP contribution in [0.3, 0.4) is 0 Å². The molecule has 2 aromatic rings. The first-order valence-corrected chi connectivity index (χ1v) is 16.4. The third-order valence-corrected chi connectivity index (χ3v) is 7.49. The molecule has 0 bridgehead atoms. The van der Waals surface area contributed by atoms with Crippen LogP contribution in [0.4, 0.5) is 0 Å². The van der Waals surface area contributed by atoms with Gasteiger partial charge >= 0.3 is 11.9 Å². The van der Waals surface area contributed by atoms with Crippen LogP contribution < -0.4 is 9.47 Å². The summed E-state index contributed by atoms with van der Waals surface area (Å²) in [5, 5.41) is 1.86. The van der Waals surface area contributed by atoms with Crippen molar-refractivity contribution in [1.82, 2.24) is 0 Å². The number of hydrogen-bond acceptors (Lipinski definition) is 6. The van der Waals surface area contributed by atoms with E-state index in [1.807, 2.05) is 0 Å². The Bertz CT molecular complexity index is 1110. The largest absolute Gasteiger partial charge is 0.480 e. The van der Waals surface area contributed by atoms with Crippen LogP contribution in [0.15, 0.2) is 30.3 Å². The van der Waals surface area contributed by atoms with E-state index in [-0.39, 0.29) is 19.2 Å². The Hall–Kier alpha value is -1.57. The van der Waals surface area contributed by atoms with Gasteiger partial charge in [0.25, 0.3) is 0 Å². The molecule has 43 heavy (non-hydrogen) atoms. The number of unbranched alkanes of at least 4 members (excludes halogenated alkanes) is 4. The van der Waals surface area contributed by atoms with Gasteiger partial charge in [0.15, 0.2) is 13.2 Å². The monoisotopic (exact) mass is 698 g/mol. The molecule has 0 aliphatic rings. The van der Waals surface area contributed by atoms with E-state index in [4.69, 9.17) is 77.0 Å². The van der Waals surface area contributed by atoms with Gasteiger partial charge in [-0.1, -0.05) is 124 Å². The summed E-state index contributed by atoms with van der Waals surface area (Å²) in [5.74, 6) is 1.37. The highest BCUT2D eigenvalue weighted by molar-refractivity contribution is 6.43. The van der Waals surface area contributed by atoms with Gasteiger partial charge in [0.2, 0.25) is 0 Å². The van der Waals surface area contributed by atoms with Crippen molar-refractivity contribution >= 4 is 69.9 Å². The van der Waals surface area contributed by atoms with Crippen molar-refractivity contribution in [1.29, 1.82) is 0 Å². The lowest BCUT2D eigenvalue weighted by atomic mass is 10.1. The molecule has 11 heteroatoms. The predicted molar refractivity (Wildman–Crippen MR) is 177 cm³/mol. The molecule has 0 fully saturated rings. The first-order valence-electron chi connectivity index (χ1n) is 14.6. The molecule has 0 atom stereocenters. The van der Waals surface area contributed by atoms with Crippen LogP contribution in [-0.4, -0.2) is 38.4 Å². The second kappa shape index (κ2) is 22.9. The van der Waals surface area contributed by atoms with Gasteiger partial charge in [-0.05, 0) is 48.9 Å². The minimum atomic E-state index is -0.425. The van der Waals surface area contributed by atoms with Crippen LogP contribution in [0.1, 0.15) is 79.1 Å². The molecule has 2 aromatic carbocycles. The molecule has 6 nitrogen and oxygen atoms in total. The molecular weight excluding hydrogens is 658 g/mol. The Labute approximate surface area is 281 Å². The smallest absolute Gasteiger partial charge is 0.344 e. The molecule has 0 aliphatic heterocycles. The summed E-state index contributed by atoms with van der Waals surface area (Å²) in [7, 11) is 0. The normalized spacial score (nSPS) is 10.8. The van der Waals surface area contributed by atoms with Gasteiger partial charge in [-0.2, -0.15) is 0 Å². The molecule has 0 saturated carbocycles. The van der Waals surface area contributed by atoms with Crippen molar-refractivity contribution in [2.24, 2.45) is 11.8 Å². The van der Waals surface area contributed by atoms with Gasteiger partial charge in [0.05, 0.1) is 33.3 Å². The average Bonchev–Trinajstić information content (AvgIpc) is 2.93. The zero-order valence-corrected chi connectivity index (χ0v) is 29.1. The van der Waals surface area contributed by atoms with E-state index in [2.05, 4.69) is 27.7 Å². The topological polar surface area (TPSA) is 71.1 Å². The van der Waals surface area contributed by atoms with Gasteiger partial charge in [-0.3, -0.25) is 0 Å². The number of benzene rings is 2. The number of carbonyl (C=O) groups is 2. The highest BCUT2D eigenvalue weighted by atomic mass is 35.5. The fraction of sp³-hybridized carbons (Fsp3) is 0.562. The third-order valence-electron chi connectivity index (χ3n) is 5.94. The molecule has 2 rings (SSSR count). The van der Waals surface area contributed by atoms with Gasteiger partial charge in [-0.25, -0.2) is 9.59 Å². The first kappa shape index (κ1) is 39.5. The van der Waals surface area contributed by atoms with Crippen LogP contribution in [0, 0.1) is 11.8 Å². The molecule has 0 unspecified atom stereocenters. The molecule has 0 N–H and O–H groups in total. The Kier molecular flexibility index (Phi) is 21.0. The molecule has 0 aliphatic carbocycles. The van der Waals surface area contributed by atoms with E-state index in [9.17, 15) is 9.59 Å². The minimum Gasteiger partial charge on any atom is -0.480 e. The maximum atomic E-state index is 11.6. The van der Waals surface area contributed by atoms with Crippen molar-refractivity contribution in [2.75, 3.05) is 26.4 Å². The second-order valence-electron chi connectivity index (χ2n) is 10.8. The summed E-state index contributed by atoms with van der Waals surface area (Å²) in [5.41, 5.74) is 0. The van der Waals surface area contributed by atoms with Crippen LogP contribution in [0.5, 0.6) is 11.5 Å². The van der Waals surface area contributed by atoms with Crippen molar-refractivity contribution in [2.45, 2.75) is 79.1 Å². The van der Waals surface area contributed by atoms with Crippen LogP contribution in [0.2, 0.25) is 25.1 Å². The van der Waals surface area contributed by atoms with E-state index in [0.717, 1.165) is 38.0 Å². The Morgan fingerprint density at radius 1 is 0.581 bits per heavy atom. The quantitative estimate of drug-likeness (QED) is 0.0876. The Morgan fingerprint density at radius 3 is 1.53 bits per heavy atom. The number of ether oxygens (including phenoxy) is 4. The number of carbonyl (C=O) groups excluding carboxylic acids is 2. The van der Waals surface area contributed by atoms with Crippen LogP contribution >= 0.6 is 58.0 Å². The number of esters is 2. The van der Waals surface area contributed by atoms with E-state index >= 15 is 0 Å². The molecule has 0 radical (unpaired) electrons. The maximum Gasteiger partial charge on any atom is 0.344 e. The second-order valence-corrected chi connectivity index (χ2v) is 12.8. The highest BCUT2D eigenvalue weighted by Gasteiger charge is 2.11. The summed E-state index contributed by atoms with van der Waals surface area (Å²) in [4.78, 5) is 23.1. The zero-order valence-electron chi connectivity index (χ0n) is 25.4. The molecule has 0 heterocycles. The van der Waals surface area contributed by atoms with Crippen molar-refractivity contribution in [3.8, 4) is 11.5 Å². The Morgan fingerprint density at radius 2 is 1.05 bits per heavy atom. The highest BCUT2D eigenvalue weighted by Crippen LogP contribution is 2.33. The Balaban J connectivity index is 0.000000430. The summed E-state index contributed by atoms with van der Waals surface area (Å²) in [6, 6.07) is 7.80. The lowest BCUT2D eigenvalue weighted by Crippen LogP contribution is -2.15. The summed E-state index contributed by atoms with van der Waals surface area (Å²) in [6.07, 6.45) is 8.64. The van der Waals surface area contributed by atoms with Crippen molar-refractivity contribution < 1.29 is 28.5 Å². The minimum absolute atomic E-state index is 0.145. The maximum absolute atomic E-state index is 11.6. The molecule has 0 spiro atoms. The lowest BCUT2D eigenvalue weighted by Gasteiger charge is -2.09. The zero-order chi connectivity index (χ0) is 32.2. The van der Waals surface area contributed by atoms with E-state index in [1.165, 1.54) is 31.4 Å². The van der Waals surface area contributed by atoms with Crippen LogP contribution in [0.25, 0.3) is 0 Å². The van der Waals surface area contributed by atoms with Crippen LogP contribution in [-0.2, 0) is 19.1 Å². The number of hydrogen-bond donors (Lipinski definition) is 0. The average molecular weight is 701 g/mol. The molecule has 0 aromatic heterocycles. The third kappa shape index (κ3) is 19.4. The van der Waals surface area contributed by atoms with E-state index < -0.39 is 5.97 Å². The van der Waals surface area contributed by atoms with E-state index in [0.29, 0.717) is 55.7 Å². The standard InChI is InChI=1S/C16H21Cl3O3.C16H22Cl2O3/c1-11(2)6-4-3-5-7-21-16(20)10-22-15-9-13(18)12(17)8-14(15)19;1-12(2)6-4-3-5-9-20-16(19)11-21-15-8-7-13(17)10-14(15)18/h8-9,11H,3-7,10H2,1-2H3;7-8,10,12H,3-6,9,11H2,1-2H3. The van der Waals surface area contributed by atoms with Crippen molar-refractivity contribution in [3.05, 3.63) is 55.4 Å². The SMILES string of the molecule is CC(C)CCCCCOC(=O)COc1cc(Cl)c(Cl)cc1Cl.CC(C)CCCCCOC(=O)COc1ccc(Cl)cc1Cl. The van der Waals surface area contributed by atoms with Gasteiger partial charge in [0.1, 0.15) is 11.5 Å². The number of halogens is 5. The fourth-order valence-corrected chi connectivity index (χ4v) is 4.65. The molecule has 0 saturated heterocycles. The fourth-order valence-electron chi connectivity index (χ4n) is 3.60. The molecule has 0 amide bonds. The molecule has 242 valence electrons.